The quantitative estimate of drug-likeness (QED) is 0.748. The van der Waals surface area contributed by atoms with E-state index in [0.717, 1.165) is 24.3 Å². The standard InChI is InChI=1S/C12H16F3NO/c1-16(2)8-3-9-17-11-6-4-10(5-7-11)12(13,14)15/h4-7H,3,8-9H2,1-2H3/i1D3,2D3. The Hall–Kier alpha value is -1.23. The van der Waals surface area contributed by atoms with E-state index in [1.807, 2.05) is 0 Å². The smallest absolute Gasteiger partial charge is 0.416 e. The fourth-order valence-electron chi connectivity index (χ4n) is 1.15. The molecule has 0 spiro atoms. The molecule has 0 unspecified atom stereocenters. The zero-order chi connectivity index (χ0) is 17.9. The number of hydrogen-bond donors (Lipinski definition) is 0. The van der Waals surface area contributed by atoms with E-state index < -0.39 is 25.7 Å². The van der Waals surface area contributed by atoms with Gasteiger partial charge in [-0.1, -0.05) is 0 Å². The fourth-order valence-corrected chi connectivity index (χ4v) is 1.15. The zero-order valence-electron chi connectivity index (χ0n) is 14.9. The Morgan fingerprint density at radius 1 is 1.24 bits per heavy atom. The highest BCUT2D eigenvalue weighted by Crippen LogP contribution is 2.30. The predicted octanol–water partition coefficient (Wildman–Crippen LogP) is 3.04. The number of alkyl halides is 3. The van der Waals surface area contributed by atoms with Crippen LogP contribution in [0.5, 0.6) is 5.75 Å². The van der Waals surface area contributed by atoms with Crippen molar-refractivity contribution in [3.63, 3.8) is 0 Å². The van der Waals surface area contributed by atoms with Crippen LogP contribution < -0.4 is 4.74 Å². The molecule has 0 atom stereocenters. The fraction of sp³-hybridized carbons (Fsp3) is 0.500. The minimum atomic E-state index is -4.43. The number of hydrogen-bond acceptors (Lipinski definition) is 2. The molecule has 17 heavy (non-hydrogen) atoms. The Balaban J connectivity index is 2.51. The first-order valence-corrected chi connectivity index (χ1v) is 4.89. The summed E-state index contributed by atoms with van der Waals surface area (Å²) in [5.74, 6) is 0.187. The van der Waals surface area contributed by atoms with Gasteiger partial charge in [-0.15, -0.1) is 0 Å². The molecule has 5 heteroatoms. The monoisotopic (exact) mass is 253 g/mol. The maximum absolute atomic E-state index is 12.4. The van der Waals surface area contributed by atoms with Crippen molar-refractivity contribution in [2.24, 2.45) is 0 Å². The lowest BCUT2D eigenvalue weighted by molar-refractivity contribution is -0.137. The topological polar surface area (TPSA) is 12.5 Å². The molecule has 0 saturated heterocycles. The summed E-state index contributed by atoms with van der Waals surface area (Å²) in [5.41, 5.74) is -0.805. The molecule has 96 valence electrons. The lowest BCUT2D eigenvalue weighted by Gasteiger charge is -2.11. The summed E-state index contributed by atoms with van der Waals surface area (Å²) in [4.78, 5) is 0.399. The summed E-state index contributed by atoms with van der Waals surface area (Å²) >= 11 is 0. The van der Waals surface area contributed by atoms with E-state index in [1.54, 1.807) is 0 Å². The number of ether oxygens (including phenoxy) is 1. The van der Waals surface area contributed by atoms with E-state index in [2.05, 4.69) is 0 Å². The van der Waals surface area contributed by atoms with Crippen LogP contribution in [0.25, 0.3) is 0 Å². The number of halogens is 3. The van der Waals surface area contributed by atoms with Crippen LogP contribution in [-0.2, 0) is 6.18 Å². The van der Waals surface area contributed by atoms with E-state index in [1.165, 1.54) is 0 Å². The Bertz CT molecular complexity index is 483. The van der Waals surface area contributed by atoms with Crippen molar-refractivity contribution < 1.29 is 26.1 Å². The highest BCUT2D eigenvalue weighted by atomic mass is 19.4. The van der Waals surface area contributed by atoms with Gasteiger partial charge in [0.05, 0.1) is 12.2 Å². The van der Waals surface area contributed by atoms with Gasteiger partial charge in [-0.3, -0.25) is 0 Å². The van der Waals surface area contributed by atoms with Gasteiger partial charge in [-0.05, 0) is 44.6 Å². The molecule has 1 rings (SSSR count). The van der Waals surface area contributed by atoms with Crippen LogP contribution in [0, 0.1) is 0 Å². The number of rotatable bonds is 5. The summed E-state index contributed by atoms with van der Waals surface area (Å²) < 4.78 is 85.4. The lowest BCUT2D eigenvalue weighted by Crippen LogP contribution is -2.15. The molecule has 1 aromatic carbocycles. The molecule has 0 aromatic heterocycles. The van der Waals surface area contributed by atoms with Crippen molar-refractivity contribution in [2.75, 3.05) is 27.1 Å². The Morgan fingerprint density at radius 2 is 1.88 bits per heavy atom. The summed E-state index contributed by atoms with van der Waals surface area (Å²) in [6.45, 7) is -5.80. The van der Waals surface area contributed by atoms with Crippen LogP contribution in [0.1, 0.15) is 20.2 Å². The van der Waals surface area contributed by atoms with Crippen molar-refractivity contribution in [3.05, 3.63) is 29.8 Å². The number of benzene rings is 1. The Morgan fingerprint density at radius 3 is 2.41 bits per heavy atom. The summed E-state index contributed by atoms with van der Waals surface area (Å²) in [6, 6.07) is 4.03. The van der Waals surface area contributed by atoms with Crippen molar-refractivity contribution in [2.45, 2.75) is 12.6 Å². The number of nitrogens with zero attached hydrogens (tertiary/aromatic N) is 1. The van der Waals surface area contributed by atoms with Crippen LogP contribution in [0.4, 0.5) is 13.2 Å². The van der Waals surface area contributed by atoms with Crippen molar-refractivity contribution in [1.82, 2.24) is 4.90 Å². The van der Waals surface area contributed by atoms with Crippen molar-refractivity contribution in [1.29, 1.82) is 0 Å². The summed E-state index contributed by atoms with van der Waals surface area (Å²) in [6.07, 6.45) is -4.34. The normalized spacial score (nSPS) is 18.6. The Kier molecular flexibility index (Phi) is 2.52. The Labute approximate surface area is 107 Å². The molecular weight excluding hydrogens is 231 g/mol. The van der Waals surface area contributed by atoms with E-state index in [-0.39, 0.29) is 25.3 Å². The van der Waals surface area contributed by atoms with Gasteiger partial charge in [0.2, 0.25) is 0 Å². The average Bonchev–Trinajstić information content (AvgIpc) is 2.34. The molecule has 0 radical (unpaired) electrons. The second kappa shape index (κ2) is 5.91. The third-order valence-electron chi connectivity index (χ3n) is 1.98. The van der Waals surface area contributed by atoms with Gasteiger partial charge in [-0.25, -0.2) is 0 Å². The van der Waals surface area contributed by atoms with Crippen LogP contribution in [0.15, 0.2) is 24.3 Å². The zero-order valence-corrected chi connectivity index (χ0v) is 8.92. The summed E-state index contributed by atoms with van der Waals surface area (Å²) in [5, 5.41) is 0. The third kappa shape index (κ3) is 5.08. The molecule has 0 N–H and O–H groups in total. The highest BCUT2D eigenvalue weighted by Gasteiger charge is 2.29. The van der Waals surface area contributed by atoms with Crippen LogP contribution in [0.3, 0.4) is 0 Å². The SMILES string of the molecule is [2H]C([2H])([2H])N(CCCOc1ccc(C(F)(F)F)cc1)C([2H])([2H])[2H]. The van der Waals surface area contributed by atoms with Gasteiger partial charge in [0.25, 0.3) is 0 Å². The molecule has 0 fully saturated rings. The lowest BCUT2D eigenvalue weighted by atomic mass is 10.2. The minimum Gasteiger partial charge on any atom is -0.494 e. The molecule has 0 amide bonds. The molecule has 0 heterocycles. The van der Waals surface area contributed by atoms with E-state index in [0.29, 0.717) is 4.90 Å². The minimum absolute atomic E-state index is 0.0198. The maximum Gasteiger partial charge on any atom is 0.416 e. The first kappa shape index (κ1) is 7.26. The summed E-state index contributed by atoms with van der Waals surface area (Å²) in [7, 11) is 0. The van der Waals surface area contributed by atoms with Gasteiger partial charge >= 0.3 is 6.18 Å². The van der Waals surface area contributed by atoms with Gasteiger partial charge in [0.15, 0.2) is 0 Å². The van der Waals surface area contributed by atoms with Crippen molar-refractivity contribution in [3.8, 4) is 5.75 Å². The van der Waals surface area contributed by atoms with Crippen LogP contribution in [0.2, 0.25) is 0 Å². The van der Waals surface area contributed by atoms with Crippen LogP contribution in [-0.4, -0.2) is 32.0 Å². The second-order valence-electron chi connectivity index (χ2n) is 3.38. The molecule has 0 saturated carbocycles. The van der Waals surface area contributed by atoms with Gasteiger partial charge < -0.3 is 9.64 Å². The molecule has 0 aliphatic heterocycles. The van der Waals surface area contributed by atoms with Gasteiger partial charge in [-0.2, -0.15) is 13.2 Å². The van der Waals surface area contributed by atoms with Crippen LogP contribution >= 0.6 is 0 Å². The molecular formula is C12H16F3NO. The second-order valence-corrected chi connectivity index (χ2v) is 3.38. The maximum atomic E-state index is 12.4. The first-order valence-electron chi connectivity index (χ1n) is 7.89. The molecule has 0 aliphatic carbocycles. The third-order valence-corrected chi connectivity index (χ3v) is 1.98. The molecule has 1 aromatic rings. The van der Waals surface area contributed by atoms with Gasteiger partial charge in [0, 0.05) is 14.8 Å². The molecule has 0 bridgehead atoms. The van der Waals surface area contributed by atoms with Gasteiger partial charge in [0.1, 0.15) is 5.75 Å². The first-order chi connectivity index (χ1) is 10.3. The molecule has 0 aliphatic rings. The molecule has 2 nitrogen and oxygen atoms in total. The van der Waals surface area contributed by atoms with E-state index in [4.69, 9.17) is 13.0 Å². The van der Waals surface area contributed by atoms with E-state index in [9.17, 15) is 13.2 Å². The predicted molar refractivity (Wildman–Crippen MR) is 60.1 cm³/mol. The highest BCUT2D eigenvalue weighted by molar-refractivity contribution is 5.28. The largest absolute Gasteiger partial charge is 0.494 e. The van der Waals surface area contributed by atoms with Crippen molar-refractivity contribution >= 4 is 0 Å². The average molecular weight is 253 g/mol. The van der Waals surface area contributed by atoms with E-state index >= 15 is 0 Å².